The summed E-state index contributed by atoms with van der Waals surface area (Å²) >= 11 is 0. The number of aliphatic hydroxyl groups is 2. The summed E-state index contributed by atoms with van der Waals surface area (Å²) < 4.78 is 9.70. The van der Waals surface area contributed by atoms with E-state index in [9.17, 15) is 9.90 Å². The third kappa shape index (κ3) is 0.939. The van der Waals surface area contributed by atoms with Gasteiger partial charge in [-0.3, -0.25) is 4.79 Å². The Kier molecular flexibility index (Phi) is 1.61. The smallest absolute Gasteiger partial charge is 0.306 e. The van der Waals surface area contributed by atoms with E-state index in [0.717, 1.165) is 0 Å². The van der Waals surface area contributed by atoms with Crippen molar-refractivity contribution in [1.82, 2.24) is 0 Å². The van der Waals surface area contributed by atoms with Crippen LogP contribution in [-0.2, 0) is 14.3 Å². The average Bonchev–Trinajstić information content (AvgIpc) is 2.53. The second-order valence-electron chi connectivity index (χ2n) is 3.19. The van der Waals surface area contributed by atoms with Gasteiger partial charge in [0.15, 0.2) is 11.9 Å². The lowest BCUT2D eigenvalue weighted by Gasteiger charge is -2.23. The predicted octanol–water partition coefficient (Wildman–Crippen LogP) is -1.23. The molecule has 0 aromatic carbocycles. The summed E-state index contributed by atoms with van der Waals surface area (Å²) in [6, 6.07) is 0. The zero-order valence-corrected chi connectivity index (χ0v) is 6.40. The zero-order valence-electron chi connectivity index (χ0n) is 6.40. The quantitative estimate of drug-likeness (QED) is 0.450. The maximum atomic E-state index is 10.8. The number of hydrogen-bond acceptors (Lipinski definition) is 5. The zero-order chi connectivity index (χ0) is 8.77. The Morgan fingerprint density at radius 2 is 2.25 bits per heavy atom. The highest BCUT2D eigenvalue weighted by atomic mass is 16.7. The topological polar surface area (TPSA) is 76.0 Å². The molecule has 12 heavy (non-hydrogen) atoms. The first kappa shape index (κ1) is 7.97. The van der Waals surface area contributed by atoms with Crippen LogP contribution in [0.25, 0.3) is 0 Å². The minimum Gasteiger partial charge on any atom is -0.454 e. The minimum atomic E-state index is -1.23. The Balaban J connectivity index is 2.17. The fourth-order valence-corrected chi connectivity index (χ4v) is 1.62. The van der Waals surface area contributed by atoms with Crippen molar-refractivity contribution in [2.75, 3.05) is 6.61 Å². The van der Waals surface area contributed by atoms with E-state index in [-0.39, 0.29) is 19.0 Å². The van der Waals surface area contributed by atoms with Crippen molar-refractivity contribution in [3.05, 3.63) is 0 Å². The molecule has 0 aliphatic carbocycles. The normalized spacial score (nSPS) is 47.0. The number of rotatable bonds is 0. The van der Waals surface area contributed by atoms with Crippen LogP contribution in [0, 0.1) is 0 Å². The molecule has 0 radical (unpaired) electrons. The standard InChI is InChI=1S/C7H10O5/c8-4-1-2-7(12-4)3-11-6(10)5(7)9/h5-6,9-10H,1-3H2/t5-,6?,7+/m0/s1. The number of carbonyl (C=O) groups is 1. The maximum absolute atomic E-state index is 10.8. The highest BCUT2D eigenvalue weighted by molar-refractivity contribution is 5.72. The van der Waals surface area contributed by atoms with Gasteiger partial charge in [-0.1, -0.05) is 0 Å². The molecule has 1 unspecified atom stereocenters. The van der Waals surface area contributed by atoms with Gasteiger partial charge in [0.2, 0.25) is 0 Å². The molecule has 1 spiro atoms. The summed E-state index contributed by atoms with van der Waals surface area (Å²) in [6.45, 7) is 0.0844. The number of esters is 1. The molecule has 2 fully saturated rings. The van der Waals surface area contributed by atoms with Crippen molar-refractivity contribution in [1.29, 1.82) is 0 Å². The lowest BCUT2D eigenvalue weighted by atomic mass is 9.96. The van der Waals surface area contributed by atoms with Crippen molar-refractivity contribution in [3.8, 4) is 0 Å². The van der Waals surface area contributed by atoms with Crippen LogP contribution >= 0.6 is 0 Å². The lowest BCUT2D eigenvalue weighted by Crippen LogP contribution is -2.43. The molecule has 2 N–H and O–H groups in total. The Bertz CT molecular complexity index is 216. The second kappa shape index (κ2) is 2.42. The van der Waals surface area contributed by atoms with Gasteiger partial charge in [-0.05, 0) is 0 Å². The van der Waals surface area contributed by atoms with Crippen molar-refractivity contribution in [2.45, 2.75) is 30.8 Å². The molecule has 2 rings (SSSR count). The Morgan fingerprint density at radius 1 is 1.50 bits per heavy atom. The van der Waals surface area contributed by atoms with Gasteiger partial charge in [-0.2, -0.15) is 0 Å². The van der Waals surface area contributed by atoms with E-state index in [1.54, 1.807) is 0 Å². The highest BCUT2D eigenvalue weighted by Gasteiger charge is 2.54. The van der Waals surface area contributed by atoms with Gasteiger partial charge < -0.3 is 19.7 Å². The van der Waals surface area contributed by atoms with Gasteiger partial charge in [-0.25, -0.2) is 0 Å². The molecule has 2 aliphatic rings. The van der Waals surface area contributed by atoms with Gasteiger partial charge in [0, 0.05) is 12.8 Å². The molecule has 3 atom stereocenters. The van der Waals surface area contributed by atoms with E-state index in [2.05, 4.69) is 0 Å². The van der Waals surface area contributed by atoms with Crippen molar-refractivity contribution >= 4 is 5.97 Å². The lowest BCUT2D eigenvalue weighted by molar-refractivity contribution is -0.157. The van der Waals surface area contributed by atoms with E-state index in [0.29, 0.717) is 6.42 Å². The van der Waals surface area contributed by atoms with Crippen LogP contribution in [0.5, 0.6) is 0 Å². The van der Waals surface area contributed by atoms with E-state index in [1.165, 1.54) is 0 Å². The minimum absolute atomic E-state index is 0.0844. The summed E-state index contributed by atoms with van der Waals surface area (Å²) in [5.74, 6) is -0.341. The SMILES string of the molecule is O=C1CC[C@]2(COC(O)[C@@H]2O)O1. The van der Waals surface area contributed by atoms with Gasteiger partial charge in [0.25, 0.3) is 0 Å². The van der Waals surface area contributed by atoms with Crippen LogP contribution in [0.4, 0.5) is 0 Å². The summed E-state index contributed by atoms with van der Waals surface area (Å²) in [7, 11) is 0. The number of hydrogen-bond donors (Lipinski definition) is 2. The molecule has 5 nitrogen and oxygen atoms in total. The fourth-order valence-electron chi connectivity index (χ4n) is 1.62. The van der Waals surface area contributed by atoms with Crippen LogP contribution in [0.1, 0.15) is 12.8 Å². The van der Waals surface area contributed by atoms with Crippen LogP contribution < -0.4 is 0 Å². The number of ether oxygens (including phenoxy) is 2. The molecule has 68 valence electrons. The van der Waals surface area contributed by atoms with E-state index < -0.39 is 18.0 Å². The molecular weight excluding hydrogens is 164 g/mol. The summed E-state index contributed by atoms with van der Waals surface area (Å²) in [4.78, 5) is 10.8. The Morgan fingerprint density at radius 3 is 2.67 bits per heavy atom. The molecule has 0 aromatic rings. The first-order valence-electron chi connectivity index (χ1n) is 3.84. The summed E-state index contributed by atoms with van der Waals surface area (Å²) in [6.07, 6.45) is -1.63. The van der Waals surface area contributed by atoms with Gasteiger partial charge >= 0.3 is 5.97 Å². The molecule has 0 aromatic heterocycles. The average molecular weight is 174 g/mol. The number of carbonyl (C=O) groups excluding carboxylic acids is 1. The van der Waals surface area contributed by atoms with Crippen LogP contribution in [-0.4, -0.2) is 40.8 Å². The molecular formula is C7H10O5. The summed E-state index contributed by atoms with van der Waals surface area (Å²) in [5.41, 5.74) is -0.976. The Labute approximate surface area is 68.9 Å². The van der Waals surface area contributed by atoms with Crippen LogP contribution in [0.15, 0.2) is 0 Å². The Hall–Kier alpha value is -0.650. The van der Waals surface area contributed by atoms with Crippen molar-refractivity contribution < 1.29 is 24.5 Å². The van der Waals surface area contributed by atoms with Crippen molar-refractivity contribution in [3.63, 3.8) is 0 Å². The van der Waals surface area contributed by atoms with E-state index >= 15 is 0 Å². The van der Waals surface area contributed by atoms with E-state index in [1.807, 2.05) is 0 Å². The van der Waals surface area contributed by atoms with Crippen LogP contribution in [0.3, 0.4) is 0 Å². The maximum Gasteiger partial charge on any atom is 0.306 e. The monoisotopic (exact) mass is 174 g/mol. The third-order valence-electron chi connectivity index (χ3n) is 2.38. The summed E-state index contributed by atoms with van der Waals surface area (Å²) in [5, 5.41) is 18.5. The molecule has 5 heteroatoms. The first-order valence-corrected chi connectivity index (χ1v) is 3.84. The highest BCUT2D eigenvalue weighted by Crippen LogP contribution is 2.36. The largest absolute Gasteiger partial charge is 0.454 e. The molecule has 0 bridgehead atoms. The molecule has 0 saturated carbocycles. The molecule has 0 amide bonds. The van der Waals surface area contributed by atoms with Gasteiger partial charge in [0.05, 0.1) is 6.61 Å². The van der Waals surface area contributed by atoms with Crippen LogP contribution in [0.2, 0.25) is 0 Å². The third-order valence-corrected chi connectivity index (χ3v) is 2.38. The van der Waals surface area contributed by atoms with Gasteiger partial charge in [0.1, 0.15) is 6.10 Å². The molecule has 2 aliphatic heterocycles. The van der Waals surface area contributed by atoms with Gasteiger partial charge in [-0.15, -0.1) is 0 Å². The molecule has 2 saturated heterocycles. The predicted molar refractivity (Wildman–Crippen MR) is 36.0 cm³/mol. The van der Waals surface area contributed by atoms with Crippen molar-refractivity contribution in [2.24, 2.45) is 0 Å². The molecule has 2 heterocycles. The second-order valence-corrected chi connectivity index (χ2v) is 3.19. The fraction of sp³-hybridized carbons (Fsp3) is 0.857. The number of aliphatic hydroxyl groups excluding tert-OH is 2. The first-order chi connectivity index (χ1) is 5.64. The van der Waals surface area contributed by atoms with E-state index in [4.69, 9.17) is 14.6 Å².